The van der Waals surface area contributed by atoms with Gasteiger partial charge in [-0.3, -0.25) is 9.59 Å². The summed E-state index contributed by atoms with van der Waals surface area (Å²) in [5.41, 5.74) is 1.15. The molecular weight excluding hydrogens is 436 g/mol. The Morgan fingerprint density at radius 3 is 1.47 bits per heavy atom. The Morgan fingerprint density at radius 2 is 1.09 bits per heavy atom. The van der Waals surface area contributed by atoms with Crippen LogP contribution in [0.1, 0.15) is 34.6 Å². The third-order valence-electron chi connectivity index (χ3n) is 5.42. The number of amides is 2. The summed E-state index contributed by atoms with van der Waals surface area (Å²) in [6, 6.07) is 14.4. The minimum absolute atomic E-state index is 0.0629. The number of nitrogens with zero attached hydrogens (tertiary/aromatic N) is 2. The van der Waals surface area contributed by atoms with Crippen LogP contribution in [0.4, 0.5) is 0 Å². The van der Waals surface area contributed by atoms with Gasteiger partial charge in [0.1, 0.15) is 24.7 Å². The molecular formula is C26H34N2O6. The molecule has 8 heteroatoms. The van der Waals surface area contributed by atoms with Gasteiger partial charge in [-0.2, -0.15) is 0 Å². The molecule has 2 aromatic rings. The van der Waals surface area contributed by atoms with Crippen molar-refractivity contribution in [2.75, 3.05) is 65.8 Å². The summed E-state index contributed by atoms with van der Waals surface area (Å²) >= 11 is 0. The number of piperazine rings is 1. The van der Waals surface area contributed by atoms with E-state index in [1.54, 1.807) is 34.1 Å². The number of ether oxygens (including phenoxy) is 4. The zero-order valence-corrected chi connectivity index (χ0v) is 20.0. The van der Waals surface area contributed by atoms with E-state index in [9.17, 15) is 9.59 Å². The molecule has 0 saturated carbocycles. The highest BCUT2D eigenvalue weighted by atomic mass is 16.5. The summed E-state index contributed by atoms with van der Waals surface area (Å²) in [5, 5.41) is 0. The zero-order valence-electron chi connectivity index (χ0n) is 20.0. The highest BCUT2D eigenvalue weighted by Crippen LogP contribution is 2.18. The molecule has 0 unspecified atom stereocenters. The predicted octanol–water partition coefficient (Wildman–Crippen LogP) is 3.12. The molecule has 2 aromatic carbocycles. The molecule has 0 aromatic heterocycles. The molecule has 0 spiro atoms. The first-order valence-electron chi connectivity index (χ1n) is 11.8. The van der Waals surface area contributed by atoms with E-state index in [1.165, 1.54) is 0 Å². The summed E-state index contributed by atoms with van der Waals surface area (Å²) in [4.78, 5) is 29.5. The lowest BCUT2D eigenvalue weighted by molar-refractivity contribution is 0.0535. The summed E-state index contributed by atoms with van der Waals surface area (Å²) in [7, 11) is 0. The van der Waals surface area contributed by atoms with Crippen LogP contribution in [-0.4, -0.2) is 87.4 Å². The molecule has 0 N–H and O–H groups in total. The molecule has 184 valence electrons. The largest absolute Gasteiger partial charge is 0.491 e. The van der Waals surface area contributed by atoms with Gasteiger partial charge in [-0.1, -0.05) is 12.1 Å². The fourth-order valence-electron chi connectivity index (χ4n) is 3.64. The van der Waals surface area contributed by atoms with Gasteiger partial charge in [-0.15, -0.1) is 0 Å². The fraction of sp³-hybridized carbons (Fsp3) is 0.462. The summed E-state index contributed by atoms with van der Waals surface area (Å²) in [6.07, 6.45) is 0. The maximum atomic E-state index is 13.0. The topological polar surface area (TPSA) is 77.5 Å². The van der Waals surface area contributed by atoms with E-state index in [2.05, 4.69) is 0 Å². The maximum absolute atomic E-state index is 13.0. The van der Waals surface area contributed by atoms with Gasteiger partial charge in [-0.05, 0) is 50.2 Å². The minimum atomic E-state index is -0.0629. The molecule has 2 amide bonds. The number of hydrogen-bond acceptors (Lipinski definition) is 6. The average molecular weight is 471 g/mol. The predicted molar refractivity (Wildman–Crippen MR) is 129 cm³/mol. The number of carbonyl (C=O) groups is 2. The van der Waals surface area contributed by atoms with Crippen molar-refractivity contribution in [3.63, 3.8) is 0 Å². The quantitative estimate of drug-likeness (QED) is 0.444. The Kier molecular flexibility index (Phi) is 10.2. The molecule has 3 rings (SSSR count). The maximum Gasteiger partial charge on any atom is 0.254 e. The van der Waals surface area contributed by atoms with Crippen molar-refractivity contribution >= 4 is 11.8 Å². The third-order valence-corrected chi connectivity index (χ3v) is 5.42. The monoisotopic (exact) mass is 470 g/mol. The first-order chi connectivity index (χ1) is 16.6. The van der Waals surface area contributed by atoms with E-state index in [4.69, 9.17) is 18.9 Å². The van der Waals surface area contributed by atoms with Gasteiger partial charge < -0.3 is 28.7 Å². The SMILES string of the molecule is CCOCCOc1cccc(C(=O)N2CCN(C(=O)c3cccc(OCCOCC)c3)CC2)c1. The van der Waals surface area contributed by atoms with Crippen molar-refractivity contribution in [2.45, 2.75) is 13.8 Å². The lowest BCUT2D eigenvalue weighted by Gasteiger charge is -2.35. The van der Waals surface area contributed by atoms with E-state index < -0.39 is 0 Å². The lowest BCUT2D eigenvalue weighted by Crippen LogP contribution is -2.50. The summed E-state index contributed by atoms with van der Waals surface area (Å²) in [6.45, 7) is 8.95. The Morgan fingerprint density at radius 1 is 0.676 bits per heavy atom. The van der Waals surface area contributed by atoms with E-state index in [0.717, 1.165) is 0 Å². The fourth-order valence-corrected chi connectivity index (χ4v) is 3.64. The second kappa shape index (κ2) is 13.6. The molecule has 0 bridgehead atoms. The number of carbonyl (C=O) groups excluding carboxylic acids is 2. The van der Waals surface area contributed by atoms with Gasteiger partial charge in [0.05, 0.1) is 13.2 Å². The van der Waals surface area contributed by atoms with Gasteiger partial charge in [0, 0.05) is 50.5 Å². The van der Waals surface area contributed by atoms with Gasteiger partial charge >= 0.3 is 0 Å². The van der Waals surface area contributed by atoms with Crippen LogP contribution < -0.4 is 9.47 Å². The molecule has 1 fully saturated rings. The second-order valence-corrected chi connectivity index (χ2v) is 7.73. The minimum Gasteiger partial charge on any atom is -0.491 e. The van der Waals surface area contributed by atoms with Crippen molar-refractivity contribution < 1.29 is 28.5 Å². The number of benzene rings is 2. The summed E-state index contributed by atoms with van der Waals surface area (Å²) < 4.78 is 21.9. The van der Waals surface area contributed by atoms with E-state index in [0.29, 0.717) is 88.4 Å². The Labute approximate surface area is 201 Å². The molecule has 0 aliphatic carbocycles. The second-order valence-electron chi connectivity index (χ2n) is 7.73. The molecule has 1 saturated heterocycles. The van der Waals surface area contributed by atoms with Crippen LogP contribution in [0.15, 0.2) is 48.5 Å². The highest BCUT2D eigenvalue weighted by Gasteiger charge is 2.26. The first kappa shape index (κ1) is 25.5. The molecule has 1 aliphatic rings. The van der Waals surface area contributed by atoms with Gasteiger partial charge in [0.2, 0.25) is 0 Å². The number of hydrogen-bond donors (Lipinski definition) is 0. The average Bonchev–Trinajstić information content (AvgIpc) is 2.89. The van der Waals surface area contributed by atoms with Gasteiger partial charge in [-0.25, -0.2) is 0 Å². The Bertz CT molecular complexity index is 852. The van der Waals surface area contributed by atoms with E-state index in [1.807, 2.05) is 38.1 Å². The summed E-state index contributed by atoms with van der Waals surface area (Å²) in [5.74, 6) is 1.16. The molecule has 0 atom stereocenters. The Balaban J connectivity index is 1.51. The van der Waals surface area contributed by atoms with Gasteiger partial charge in [0.25, 0.3) is 11.8 Å². The van der Waals surface area contributed by atoms with E-state index >= 15 is 0 Å². The molecule has 0 radical (unpaired) electrons. The van der Waals surface area contributed by atoms with Crippen molar-refractivity contribution in [1.82, 2.24) is 9.80 Å². The van der Waals surface area contributed by atoms with Crippen LogP contribution >= 0.6 is 0 Å². The Hall–Kier alpha value is -3.10. The van der Waals surface area contributed by atoms with Crippen LogP contribution in [0.3, 0.4) is 0 Å². The van der Waals surface area contributed by atoms with Crippen molar-refractivity contribution in [1.29, 1.82) is 0 Å². The lowest BCUT2D eigenvalue weighted by atomic mass is 10.1. The van der Waals surface area contributed by atoms with Crippen LogP contribution in [0.5, 0.6) is 11.5 Å². The van der Waals surface area contributed by atoms with Crippen LogP contribution in [0, 0.1) is 0 Å². The van der Waals surface area contributed by atoms with Crippen LogP contribution in [0.2, 0.25) is 0 Å². The third kappa shape index (κ3) is 7.46. The number of rotatable bonds is 12. The molecule has 1 heterocycles. The standard InChI is InChI=1S/C26H34N2O6/c1-3-31-15-17-33-23-9-5-7-21(19-23)25(29)27-11-13-28(14-12-27)26(30)22-8-6-10-24(20-22)34-18-16-32-4-2/h5-10,19-20H,3-4,11-18H2,1-2H3. The van der Waals surface area contributed by atoms with Crippen molar-refractivity contribution in [3.8, 4) is 11.5 Å². The first-order valence-corrected chi connectivity index (χ1v) is 11.8. The zero-order chi connectivity index (χ0) is 24.2. The van der Waals surface area contributed by atoms with Crippen LogP contribution in [-0.2, 0) is 9.47 Å². The van der Waals surface area contributed by atoms with Crippen LogP contribution in [0.25, 0.3) is 0 Å². The molecule has 34 heavy (non-hydrogen) atoms. The molecule has 8 nitrogen and oxygen atoms in total. The van der Waals surface area contributed by atoms with E-state index in [-0.39, 0.29) is 11.8 Å². The van der Waals surface area contributed by atoms with Crippen molar-refractivity contribution in [2.24, 2.45) is 0 Å². The van der Waals surface area contributed by atoms with Gasteiger partial charge in [0.15, 0.2) is 0 Å². The van der Waals surface area contributed by atoms with Crippen molar-refractivity contribution in [3.05, 3.63) is 59.7 Å². The molecule has 1 aliphatic heterocycles. The smallest absolute Gasteiger partial charge is 0.254 e. The normalized spacial score (nSPS) is 13.6. The highest BCUT2D eigenvalue weighted by molar-refractivity contribution is 5.96.